The zero-order valence-corrected chi connectivity index (χ0v) is 12.1. The van der Waals surface area contributed by atoms with Crippen molar-refractivity contribution >= 4 is 0 Å². The van der Waals surface area contributed by atoms with E-state index in [1.165, 1.54) is 50.3 Å². The van der Waals surface area contributed by atoms with E-state index in [1.54, 1.807) is 0 Å². The van der Waals surface area contributed by atoms with Crippen molar-refractivity contribution in [2.75, 3.05) is 39.3 Å². The van der Waals surface area contributed by atoms with Crippen LogP contribution in [-0.2, 0) is 6.54 Å². The lowest BCUT2D eigenvalue weighted by Gasteiger charge is -2.34. The number of hydrogen-bond acceptors (Lipinski definition) is 3. The number of nitrogens with zero attached hydrogens (tertiary/aromatic N) is 2. The molecule has 0 aromatic heterocycles. The third kappa shape index (κ3) is 4.94. The minimum atomic E-state index is 0.827. The van der Waals surface area contributed by atoms with E-state index in [4.69, 9.17) is 5.73 Å². The molecule has 1 heterocycles. The molecule has 1 fully saturated rings. The average molecular weight is 261 g/mol. The fraction of sp³-hybridized carbons (Fsp3) is 0.625. The van der Waals surface area contributed by atoms with Crippen LogP contribution in [0.4, 0.5) is 0 Å². The van der Waals surface area contributed by atoms with E-state index in [9.17, 15) is 0 Å². The predicted molar refractivity (Wildman–Crippen MR) is 81.2 cm³/mol. The Balaban J connectivity index is 1.71. The van der Waals surface area contributed by atoms with Gasteiger partial charge in [0, 0.05) is 32.7 Å². The molecule has 0 unspecified atom stereocenters. The Morgan fingerprint density at radius 2 is 1.79 bits per heavy atom. The van der Waals surface area contributed by atoms with Gasteiger partial charge in [-0.2, -0.15) is 0 Å². The maximum Gasteiger partial charge on any atom is 0.0234 e. The van der Waals surface area contributed by atoms with Gasteiger partial charge in [0.2, 0.25) is 0 Å². The summed E-state index contributed by atoms with van der Waals surface area (Å²) in [5.74, 6) is 0. The van der Waals surface area contributed by atoms with Gasteiger partial charge in [-0.15, -0.1) is 0 Å². The molecular formula is C16H27N3. The van der Waals surface area contributed by atoms with Gasteiger partial charge in [-0.3, -0.25) is 4.90 Å². The zero-order chi connectivity index (χ0) is 13.5. The highest BCUT2D eigenvalue weighted by molar-refractivity contribution is 5.22. The van der Waals surface area contributed by atoms with Gasteiger partial charge in [0.05, 0.1) is 0 Å². The Morgan fingerprint density at radius 1 is 1.05 bits per heavy atom. The molecule has 0 aliphatic carbocycles. The smallest absolute Gasteiger partial charge is 0.0234 e. The van der Waals surface area contributed by atoms with Gasteiger partial charge in [0.25, 0.3) is 0 Å². The molecule has 0 amide bonds. The lowest BCUT2D eigenvalue weighted by Crippen LogP contribution is -2.46. The number of nitrogens with two attached hydrogens (primary N) is 1. The molecule has 3 nitrogen and oxygen atoms in total. The number of hydrogen-bond donors (Lipinski definition) is 1. The van der Waals surface area contributed by atoms with Crippen LogP contribution in [-0.4, -0.2) is 49.1 Å². The number of aryl methyl sites for hydroxylation is 1. The van der Waals surface area contributed by atoms with Crippen molar-refractivity contribution in [3.8, 4) is 0 Å². The first kappa shape index (κ1) is 14.5. The molecule has 2 rings (SSSR count). The Hall–Kier alpha value is -0.900. The fourth-order valence-electron chi connectivity index (χ4n) is 2.72. The van der Waals surface area contributed by atoms with Crippen molar-refractivity contribution in [2.24, 2.45) is 5.73 Å². The van der Waals surface area contributed by atoms with E-state index in [0.29, 0.717) is 0 Å². The average Bonchev–Trinajstić information content (AvgIpc) is 2.41. The van der Waals surface area contributed by atoms with Crippen molar-refractivity contribution in [1.82, 2.24) is 9.80 Å². The molecule has 3 heteroatoms. The fourth-order valence-corrected chi connectivity index (χ4v) is 2.72. The molecule has 19 heavy (non-hydrogen) atoms. The van der Waals surface area contributed by atoms with E-state index in [2.05, 4.69) is 41.0 Å². The molecule has 106 valence electrons. The van der Waals surface area contributed by atoms with Gasteiger partial charge in [-0.25, -0.2) is 0 Å². The zero-order valence-electron chi connectivity index (χ0n) is 12.1. The van der Waals surface area contributed by atoms with Crippen molar-refractivity contribution in [1.29, 1.82) is 0 Å². The van der Waals surface area contributed by atoms with E-state index >= 15 is 0 Å². The van der Waals surface area contributed by atoms with E-state index < -0.39 is 0 Å². The van der Waals surface area contributed by atoms with Crippen LogP contribution in [0.3, 0.4) is 0 Å². The summed E-state index contributed by atoms with van der Waals surface area (Å²) in [6.45, 7) is 10.1. The van der Waals surface area contributed by atoms with E-state index in [0.717, 1.165) is 19.5 Å². The van der Waals surface area contributed by atoms with Gasteiger partial charge >= 0.3 is 0 Å². The molecule has 0 saturated carbocycles. The monoisotopic (exact) mass is 261 g/mol. The van der Waals surface area contributed by atoms with E-state index in [1.807, 2.05) is 0 Å². The Bertz CT molecular complexity index is 370. The summed E-state index contributed by atoms with van der Waals surface area (Å²) in [5.41, 5.74) is 8.34. The molecule has 0 bridgehead atoms. The Kier molecular flexibility index (Phi) is 5.83. The first-order chi connectivity index (χ1) is 9.28. The molecule has 2 N–H and O–H groups in total. The molecule has 1 aliphatic rings. The summed E-state index contributed by atoms with van der Waals surface area (Å²) in [5, 5.41) is 0. The molecule has 0 atom stereocenters. The summed E-state index contributed by atoms with van der Waals surface area (Å²) < 4.78 is 0. The summed E-state index contributed by atoms with van der Waals surface area (Å²) in [7, 11) is 0. The standard InChI is InChI=1S/C16H27N3/c1-15-5-4-6-16(13-15)14-19-11-9-18(10-12-19)8-3-2-7-17/h4-6,13H,2-3,7-12,14,17H2,1H3. The molecular weight excluding hydrogens is 234 g/mol. The molecule has 1 saturated heterocycles. The largest absolute Gasteiger partial charge is 0.330 e. The highest BCUT2D eigenvalue weighted by atomic mass is 15.3. The number of benzene rings is 1. The van der Waals surface area contributed by atoms with Crippen LogP contribution < -0.4 is 5.73 Å². The van der Waals surface area contributed by atoms with Crippen LogP contribution in [0.2, 0.25) is 0 Å². The Morgan fingerprint density at radius 3 is 2.47 bits per heavy atom. The second kappa shape index (κ2) is 7.63. The van der Waals surface area contributed by atoms with Gasteiger partial charge in [0.1, 0.15) is 0 Å². The number of piperazine rings is 1. The summed E-state index contributed by atoms with van der Waals surface area (Å²) in [6, 6.07) is 8.86. The molecule has 1 aromatic rings. The predicted octanol–water partition coefficient (Wildman–Crippen LogP) is 1.85. The maximum atomic E-state index is 5.54. The second-order valence-corrected chi connectivity index (χ2v) is 5.60. The molecule has 1 aliphatic heterocycles. The topological polar surface area (TPSA) is 32.5 Å². The van der Waals surface area contributed by atoms with Gasteiger partial charge in [-0.1, -0.05) is 29.8 Å². The second-order valence-electron chi connectivity index (χ2n) is 5.60. The first-order valence-electron chi connectivity index (χ1n) is 7.48. The van der Waals surface area contributed by atoms with Crippen LogP contribution >= 0.6 is 0 Å². The number of rotatable bonds is 6. The summed E-state index contributed by atoms with van der Waals surface area (Å²) in [6.07, 6.45) is 2.40. The van der Waals surface area contributed by atoms with Crippen molar-refractivity contribution < 1.29 is 0 Å². The van der Waals surface area contributed by atoms with E-state index in [-0.39, 0.29) is 0 Å². The molecule has 1 aromatic carbocycles. The minimum Gasteiger partial charge on any atom is -0.330 e. The van der Waals surface area contributed by atoms with Crippen LogP contribution in [0.25, 0.3) is 0 Å². The van der Waals surface area contributed by atoms with Gasteiger partial charge in [-0.05, 0) is 38.4 Å². The van der Waals surface area contributed by atoms with Crippen molar-refractivity contribution in [3.63, 3.8) is 0 Å². The first-order valence-corrected chi connectivity index (χ1v) is 7.48. The number of unbranched alkanes of at least 4 members (excludes halogenated alkanes) is 1. The third-order valence-corrected chi connectivity index (χ3v) is 3.88. The third-order valence-electron chi connectivity index (χ3n) is 3.88. The lowest BCUT2D eigenvalue weighted by atomic mass is 10.1. The van der Waals surface area contributed by atoms with Crippen LogP contribution in [0.1, 0.15) is 24.0 Å². The quantitative estimate of drug-likeness (QED) is 0.793. The summed E-state index contributed by atoms with van der Waals surface area (Å²) >= 11 is 0. The van der Waals surface area contributed by atoms with Gasteiger partial charge in [0.15, 0.2) is 0 Å². The van der Waals surface area contributed by atoms with Crippen molar-refractivity contribution in [2.45, 2.75) is 26.3 Å². The SMILES string of the molecule is Cc1cccc(CN2CCN(CCCCN)CC2)c1. The lowest BCUT2D eigenvalue weighted by molar-refractivity contribution is 0.126. The van der Waals surface area contributed by atoms with Crippen molar-refractivity contribution in [3.05, 3.63) is 35.4 Å². The minimum absolute atomic E-state index is 0.827. The van der Waals surface area contributed by atoms with Crippen LogP contribution in [0, 0.1) is 6.92 Å². The Labute approximate surface area is 117 Å². The van der Waals surface area contributed by atoms with Crippen LogP contribution in [0.5, 0.6) is 0 Å². The molecule has 0 radical (unpaired) electrons. The van der Waals surface area contributed by atoms with Crippen LogP contribution in [0.15, 0.2) is 24.3 Å². The maximum absolute atomic E-state index is 5.54. The van der Waals surface area contributed by atoms with Gasteiger partial charge < -0.3 is 10.6 Å². The highest BCUT2D eigenvalue weighted by Gasteiger charge is 2.16. The normalized spacial score (nSPS) is 17.8. The molecule has 0 spiro atoms. The summed E-state index contributed by atoms with van der Waals surface area (Å²) in [4.78, 5) is 5.14. The highest BCUT2D eigenvalue weighted by Crippen LogP contribution is 2.10.